The molecule has 0 aliphatic heterocycles. The molecule has 0 bridgehead atoms. The Balaban J connectivity index is 2.21. The molecule has 0 fully saturated rings. The zero-order valence-electron chi connectivity index (χ0n) is 15.3. The molecule has 0 atom stereocenters. The summed E-state index contributed by atoms with van der Waals surface area (Å²) in [4.78, 5) is 8.64. The molecule has 2 rings (SSSR count). The van der Waals surface area contributed by atoms with Crippen molar-refractivity contribution in [1.29, 1.82) is 0 Å². The number of pyridine rings is 2. The van der Waals surface area contributed by atoms with Gasteiger partial charge < -0.3 is 4.74 Å². The molecule has 0 saturated heterocycles. The van der Waals surface area contributed by atoms with E-state index in [0.717, 1.165) is 30.4 Å². The highest BCUT2D eigenvalue weighted by atomic mass is 16.5. The van der Waals surface area contributed by atoms with Crippen LogP contribution in [0.2, 0.25) is 0 Å². The van der Waals surface area contributed by atoms with E-state index < -0.39 is 0 Å². The maximum Gasteiger partial charge on any atom is 0.226 e. The summed E-state index contributed by atoms with van der Waals surface area (Å²) >= 11 is 0. The molecule has 2 heterocycles. The summed E-state index contributed by atoms with van der Waals surface area (Å²) in [6.45, 7) is 6.34. The summed E-state index contributed by atoms with van der Waals surface area (Å²) in [6.07, 6.45) is 18.4. The molecule has 0 aliphatic rings. The summed E-state index contributed by atoms with van der Waals surface area (Å²) in [5.41, 5.74) is 4.54. The molecule has 2 aromatic rings. The Kier molecular flexibility index (Phi) is 7.64. The predicted molar refractivity (Wildman–Crippen MR) is 104 cm³/mol. The Morgan fingerprint density at radius 2 is 2.04 bits per heavy atom. The lowest BCUT2D eigenvalue weighted by Crippen LogP contribution is -1.94. The van der Waals surface area contributed by atoms with Gasteiger partial charge in [-0.1, -0.05) is 38.5 Å². The Hall–Kier alpha value is -2.68. The highest BCUT2D eigenvalue weighted by Crippen LogP contribution is 2.30. The van der Waals surface area contributed by atoms with Crippen molar-refractivity contribution >= 4 is 0 Å². The molecule has 0 spiro atoms. The molecule has 0 unspecified atom stereocenters. The van der Waals surface area contributed by atoms with E-state index in [1.165, 1.54) is 11.1 Å². The molecule has 0 radical (unpaired) electrons. The lowest BCUT2D eigenvalue weighted by Gasteiger charge is -2.10. The first-order chi connectivity index (χ1) is 12.3. The van der Waals surface area contributed by atoms with E-state index in [1.807, 2.05) is 43.6 Å². The van der Waals surface area contributed by atoms with Gasteiger partial charge in [0.2, 0.25) is 5.88 Å². The minimum Gasteiger partial charge on any atom is -0.446 e. The van der Waals surface area contributed by atoms with Gasteiger partial charge in [0.05, 0.1) is 6.26 Å². The Morgan fingerprint density at radius 1 is 1.16 bits per heavy atom. The standard InChI is InChI=1S/C22H26N2O/c1-4-9-18(10-5-2)11-8-16-25-22-20(12-7-14-24-22)21-17-23-15-13-19(21)6-3/h4,7-9,11-17H,5-6,10H2,1-3H3/b9-4-,16-8+,18-11+. The third-order valence-electron chi connectivity index (χ3n) is 3.84. The van der Waals surface area contributed by atoms with Gasteiger partial charge in [-0.25, -0.2) is 4.98 Å². The van der Waals surface area contributed by atoms with Crippen molar-refractivity contribution in [3.05, 3.63) is 78.5 Å². The normalized spacial score (nSPS) is 12.2. The van der Waals surface area contributed by atoms with E-state index in [9.17, 15) is 0 Å². The largest absolute Gasteiger partial charge is 0.446 e. The van der Waals surface area contributed by atoms with Crippen molar-refractivity contribution in [2.45, 2.75) is 40.0 Å². The van der Waals surface area contributed by atoms with E-state index >= 15 is 0 Å². The number of hydrogen-bond donors (Lipinski definition) is 0. The molecule has 0 amide bonds. The second-order valence-electron chi connectivity index (χ2n) is 5.68. The number of nitrogens with zero attached hydrogens (tertiary/aromatic N) is 2. The highest BCUT2D eigenvalue weighted by molar-refractivity contribution is 5.70. The molecule has 0 aliphatic carbocycles. The third kappa shape index (κ3) is 5.42. The average molecular weight is 334 g/mol. The summed E-state index contributed by atoms with van der Waals surface area (Å²) in [5, 5.41) is 0. The smallest absolute Gasteiger partial charge is 0.226 e. The maximum atomic E-state index is 5.81. The minimum absolute atomic E-state index is 0.595. The second-order valence-corrected chi connectivity index (χ2v) is 5.68. The molecule has 0 saturated carbocycles. The topological polar surface area (TPSA) is 35.0 Å². The van der Waals surface area contributed by atoms with E-state index in [1.54, 1.807) is 12.5 Å². The van der Waals surface area contributed by atoms with Gasteiger partial charge in [0.25, 0.3) is 0 Å². The van der Waals surface area contributed by atoms with Crippen LogP contribution in [-0.4, -0.2) is 9.97 Å². The number of ether oxygens (including phenoxy) is 1. The van der Waals surface area contributed by atoms with E-state index in [-0.39, 0.29) is 0 Å². The molecule has 25 heavy (non-hydrogen) atoms. The van der Waals surface area contributed by atoms with Crippen LogP contribution in [-0.2, 0) is 6.42 Å². The summed E-state index contributed by atoms with van der Waals surface area (Å²) in [6, 6.07) is 5.98. The summed E-state index contributed by atoms with van der Waals surface area (Å²) in [7, 11) is 0. The van der Waals surface area contributed by atoms with Gasteiger partial charge in [0, 0.05) is 29.7 Å². The molecular weight excluding hydrogens is 308 g/mol. The van der Waals surface area contributed by atoms with Gasteiger partial charge >= 0.3 is 0 Å². The monoisotopic (exact) mass is 334 g/mol. The molecule has 2 aromatic heterocycles. The quantitative estimate of drug-likeness (QED) is 0.445. The fourth-order valence-electron chi connectivity index (χ4n) is 2.66. The third-order valence-corrected chi connectivity index (χ3v) is 3.84. The van der Waals surface area contributed by atoms with Crippen LogP contribution in [0.15, 0.2) is 72.9 Å². The first-order valence-corrected chi connectivity index (χ1v) is 8.83. The molecule has 0 N–H and O–H groups in total. The van der Waals surface area contributed by atoms with Crippen molar-refractivity contribution < 1.29 is 4.74 Å². The molecule has 130 valence electrons. The van der Waals surface area contributed by atoms with Crippen LogP contribution in [0.25, 0.3) is 11.1 Å². The SMILES string of the molecule is C\C=C/C(=C\C=C\Oc1ncccc1-c1cnccc1CC)CCC. The van der Waals surface area contributed by atoms with Gasteiger partial charge in [-0.05, 0) is 55.2 Å². The molecule has 3 heteroatoms. The summed E-state index contributed by atoms with van der Waals surface area (Å²) in [5.74, 6) is 0.595. The van der Waals surface area contributed by atoms with E-state index in [0.29, 0.717) is 5.88 Å². The van der Waals surface area contributed by atoms with Crippen LogP contribution < -0.4 is 4.74 Å². The van der Waals surface area contributed by atoms with Crippen molar-refractivity contribution in [3.8, 4) is 17.0 Å². The van der Waals surface area contributed by atoms with Gasteiger partial charge in [0.15, 0.2) is 0 Å². The zero-order chi connectivity index (χ0) is 17.9. The number of allylic oxidation sites excluding steroid dienone is 5. The molecular formula is C22H26N2O. The predicted octanol–water partition coefficient (Wildman–Crippen LogP) is 5.90. The lowest BCUT2D eigenvalue weighted by molar-refractivity contribution is 0.463. The maximum absolute atomic E-state index is 5.81. The number of aryl methyl sites for hydroxylation is 1. The molecule has 0 aromatic carbocycles. The first-order valence-electron chi connectivity index (χ1n) is 8.83. The van der Waals surface area contributed by atoms with Crippen molar-refractivity contribution in [2.75, 3.05) is 0 Å². The van der Waals surface area contributed by atoms with Gasteiger partial charge in [-0.3, -0.25) is 4.98 Å². The van der Waals surface area contributed by atoms with Gasteiger partial charge in [0.1, 0.15) is 0 Å². The van der Waals surface area contributed by atoms with Crippen molar-refractivity contribution in [3.63, 3.8) is 0 Å². The van der Waals surface area contributed by atoms with Crippen LogP contribution in [0.1, 0.15) is 39.2 Å². The van der Waals surface area contributed by atoms with Crippen LogP contribution >= 0.6 is 0 Å². The molecule has 3 nitrogen and oxygen atoms in total. The van der Waals surface area contributed by atoms with Crippen molar-refractivity contribution in [2.24, 2.45) is 0 Å². The van der Waals surface area contributed by atoms with Crippen LogP contribution in [0.3, 0.4) is 0 Å². The highest BCUT2D eigenvalue weighted by Gasteiger charge is 2.10. The van der Waals surface area contributed by atoms with Crippen molar-refractivity contribution in [1.82, 2.24) is 9.97 Å². The zero-order valence-corrected chi connectivity index (χ0v) is 15.3. The number of rotatable bonds is 8. The van der Waals surface area contributed by atoms with Crippen LogP contribution in [0, 0.1) is 0 Å². The number of hydrogen-bond acceptors (Lipinski definition) is 3. The van der Waals surface area contributed by atoms with Gasteiger partial charge in [-0.2, -0.15) is 0 Å². The second kappa shape index (κ2) is 10.2. The van der Waals surface area contributed by atoms with E-state index in [2.05, 4.69) is 42.0 Å². The minimum atomic E-state index is 0.595. The average Bonchev–Trinajstić information content (AvgIpc) is 2.66. The Morgan fingerprint density at radius 3 is 2.80 bits per heavy atom. The lowest BCUT2D eigenvalue weighted by atomic mass is 10.0. The Labute approximate surface area is 150 Å². The fourth-order valence-corrected chi connectivity index (χ4v) is 2.66. The fraction of sp³-hybridized carbons (Fsp3) is 0.273. The van der Waals surface area contributed by atoms with E-state index in [4.69, 9.17) is 4.74 Å². The van der Waals surface area contributed by atoms with Crippen LogP contribution in [0.4, 0.5) is 0 Å². The number of aromatic nitrogens is 2. The van der Waals surface area contributed by atoms with Gasteiger partial charge in [-0.15, -0.1) is 0 Å². The van der Waals surface area contributed by atoms with Crippen LogP contribution in [0.5, 0.6) is 5.88 Å². The Bertz CT molecular complexity index is 760. The first kappa shape index (κ1) is 18.7. The summed E-state index contributed by atoms with van der Waals surface area (Å²) < 4.78 is 5.81.